The Labute approximate surface area is 164 Å². The minimum Gasteiger partial charge on any atom is -0.444 e. The molecular formula is C19H23ClN2O4S. The van der Waals surface area contributed by atoms with Gasteiger partial charge >= 0.3 is 0 Å². The van der Waals surface area contributed by atoms with Crippen molar-refractivity contribution in [3.8, 4) is 11.5 Å². The van der Waals surface area contributed by atoms with E-state index >= 15 is 0 Å². The molecule has 1 aromatic carbocycles. The molecule has 27 heavy (non-hydrogen) atoms. The molecule has 2 atom stereocenters. The number of hydrogen-bond acceptors (Lipinski definition) is 5. The van der Waals surface area contributed by atoms with E-state index < -0.39 is 21.5 Å². The van der Waals surface area contributed by atoms with E-state index in [1.807, 2.05) is 0 Å². The minimum absolute atomic E-state index is 0.0602. The number of hydrogen-bond donors (Lipinski definition) is 1. The Kier molecular flexibility index (Phi) is 6.22. The number of nitrogens with one attached hydrogen (secondary N) is 1. The summed E-state index contributed by atoms with van der Waals surface area (Å²) in [4.78, 5) is 16.4. The van der Waals surface area contributed by atoms with Gasteiger partial charge in [-0.3, -0.25) is 4.79 Å². The summed E-state index contributed by atoms with van der Waals surface area (Å²) in [7, 11) is -3.63. The second-order valence-electron chi connectivity index (χ2n) is 7.12. The average molecular weight is 411 g/mol. The van der Waals surface area contributed by atoms with Crippen molar-refractivity contribution in [1.82, 2.24) is 10.3 Å². The number of aromatic nitrogens is 1. The molecule has 1 saturated carbocycles. The summed E-state index contributed by atoms with van der Waals surface area (Å²) in [5, 5.41) is 3.46. The number of carbonyl (C=O) groups is 1. The van der Waals surface area contributed by atoms with E-state index in [2.05, 4.69) is 17.2 Å². The molecular weight excluding hydrogens is 388 g/mol. The Hall–Kier alpha value is -1.86. The predicted molar refractivity (Wildman–Crippen MR) is 104 cm³/mol. The van der Waals surface area contributed by atoms with Crippen LogP contribution in [-0.2, 0) is 20.4 Å². The molecule has 1 amide bonds. The lowest BCUT2D eigenvalue weighted by atomic mass is 9.86. The molecule has 0 bridgehead atoms. The highest BCUT2D eigenvalue weighted by Crippen LogP contribution is 2.24. The highest BCUT2D eigenvalue weighted by atomic mass is 35.5. The second-order valence-corrected chi connectivity index (χ2v) is 9.62. The van der Waals surface area contributed by atoms with Crippen LogP contribution in [0.1, 0.15) is 38.3 Å². The Bertz CT molecular complexity index is 893. The first-order chi connectivity index (χ1) is 12.8. The van der Waals surface area contributed by atoms with Gasteiger partial charge in [-0.25, -0.2) is 13.4 Å². The Morgan fingerprint density at radius 3 is 2.67 bits per heavy atom. The van der Waals surface area contributed by atoms with E-state index in [0.29, 0.717) is 22.4 Å². The number of carbonyl (C=O) groups excluding carboxylic acids is 1. The van der Waals surface area contributed by atoms with E-state index in [9.17, 15) is 13.2 Å². The van der Waals surface area contributed by atoms with Crippen LogP contribution in [0, 0.1) is 5.92 Å². The van der Waals surface area contributed by atoms with Crippen molar-refractivity contribution in [1.29, 1.82) is 0 Å². The molecule has 1 aliphatic carbocycles. The van der Waals surface area contributed by atoms with E-state index in [1.165, 1.54) is 6.26 Å². The van der Waals surface area contributed by atoms with Gasteiger partial charge in [0.1, 0.15) is 12.0 Å². The minimum atomic E-state index is -3.63. The molecule has 0 saturated heterocycles. The zero-order chi connectivity index (χ0) is 19.4. The monoisotopic (exact) mass is 410 g/mol. The van der Waals surface area contributed by atoms with Crippen LogP contribution in [0.15, 0.2) is 34.9 Å². The molecule has 1 aromatic heterocycles. The van der Waals surface area contributed by atoms with Crippen molar-refractivity contribution in [3.05, 3.63) is 41.2 Å². The number of benzene rings is 1. The lowest BCUT2D eigenvalue weighted by molar-refractivity contribution is -0.119. The summed E-state index contributed by atoms with van der Waals surface area (Å²) < 4.78 is 30.1. The summed E-state index contributed by atoms with van der Waals surface area (Å²) >= 11 is 5.85. The van der Waals surface area contributed by atoms with Gasteiger partial charge in [0.25, 0.3) is 0 Å². The van der Waals surface area contributed by atoms with Gasteiger partial charge in [-0.15, -0.1) is 0 Å². The number of rotatable bonds is 6. The van der Waals surface area contributed by atoms with Gasteiger partial charge in [-0.2, -0.15) is 0 Å². The highest BCUT2D eigenvalue weighted by Gasteiger charge is 2.26. The topological polar surface area (TPSA) is 89.3 Å². The predicted octanol–water partition coefficient (Wildman–Crippen LogP) is 3.60. The molecule has 1 aliphatic rings. The third-order valence-electron chi connectivity index (χ3n) is 4.82. The van der Waals surface area contributed by atoms with Crippen LogP contribution in [-0.4, -0.2) is 31.1 Å². The number of nitrogens with zero attached hydrogens (tertiary/aromatic N) is 1. The molecule has 0 radical (unpaired) electrons. The SMILES string of the molecule is C[C@@H]1CCCC[C@@H]1NC(=O)CS(=O)(=O)Cc1coc(-c2ccc(Cl)cc2)n1. The zero-order valence-electron chi connectivity index (χ0n) is 15.2. The Morgan fingerprint density at radius 2 is 1.96 bits per heavy atom. The third-order valence-corrected chi connectivity index (χ3v) is 6.51. The van der Waals surface area contributed by atoms with Crippen LogP contribution < -0.4 is 5.32 Å². The molecule has 1 fully saturated rings. The van der Waals surface area contributed by atoms with E-state index in [0.717, 1.165) is 25.7 Å². The van der Waals surface area contributed by atoms with Gasteiger partial charge in [0.2, 0.25) is 11.8 Å². The van der Waals surface area contributed by atoms with E-state index in [4.69, 9.17) is 16.0 Å². The van der Waals surface area contributed by atoms with Crippen molar-refractivity contribution in [2.45, 2.75) is 44.4 Å². The lowest BCUT2D eigenvalue weighted by Gasteiger charge is -2.29. The van der Waals surface area contributed by atoms with E-state index in [1.54, 1.807) is 24.3 Å². The largest absolute Gasteiger partial charge is 0.444 e. The maximum absolute atomic E-state index is 12.4. The van der Waals surface area contributed by atoms with Crippen LogP contribution in [0.2, 0.25) is 5.02 Å². The number of amides is 1. The Morgan fingerprint density at radius 1 is 1.26 bits per heavy atom. The average Bonchev–Trinajstić information content (AvgIpc) is 3.04. The number of halogens is 1. The van der Waals surface area contributed by atoms with Crippen LogP contribution >= 0.6 is 11.6 Å². The third kappa shape index (κ3) is 5.56. The quantitative estimate of drug-likeness (QED) is 0.785. The number of oxazole rings is 1. The molecule has 0 aliphatic heterocycles. The molecule has 1 heterocycles. The maximum atomic E-state index is 12.4. The van der Waals surface area contributed by atoms with Gasteiger partial charge in [0.05, 0.1) is 11.4 Å². The summed E-state index contributed by atoms with van der Waals surface area (Å²) in [6.45, 7) is 2.09. The first kappa shape index (κ1) is 19.9. The molecule has 146 valence electrons. The zero-order valence-corrected chi connectivity index (χ0v) is 16.7. The van der Waals surface area contributed by atoms with Crippen LogP contribution in [0.25, 0.3) is 11.5 Å². The summed E-state index contributed by atoms with van der Waals surface area (Å²) in [5.74, 6) is -0.632. The van der Waals surface area contributed by atoms with Gasteiger partial charge in [-0.1, -0.05) is 31.4 Å². The van der Waals surface area contributed by atoms with Crippen molar-refractivity contribution in [2.75, 3.05) is 5.75 Å². The lowest BCUT2D eigenvalue weighted by Crippen LogP contribution is -2.43. The van der Waals surface area contributed by atoms with Gasteiger partial charge in [0, 0.05) is 16.6 Å². The van der Waals surface area contributed by atoms with E-state index in [-0.39, 0.29) is 17.5 Å². The first-order valence-electron chi connectivity index (χ1n) is 9.02. The molecule has 8 heteroatoms. The molecule has 0 unspecified atom stereocenters. The molecule has 3 rings (SSSR count). The highest BCUT2D eigenvalue weighted by molar-refractivity contribution is 7.91. The normalized spacial score (nSPS) is 20.4. The standard InChI is InChI=1S/C19H23ClN2O4S/c1-13-4-2-3-5-17(13)22-18(23)12-27(24,25)11-16-10-26-19(21-16)14-6-8-15(20)9-7-14/h6-10,13,17H,2-5,11-12H2,1H3,(H,22,23)/t13-,17+/m1/s1. The van der Waals surface area contributed by atoms with Crippen LogP contribution in [0.4, 0.5) is 0 Å². The molecule has 1 N–H and O–H groups in total. The number of sulfone groups is 1. The fraction of sp³-hybridized carbons (Fsp3) is 0.474. The van der Waals surface area contributed by atoms with Gasteiger partial charge in [0.15, 0.2) is 9.84 Å². The fourth-order valence-corrected chi connectivity index (χ4v) is 4.65. The van der Waals surface area contributed by atoms with Crippen molar-refractivity contribution < 1.29 is 17.6 Å². The molecule has 2 aromatic rings. The summed E-state index contributed by atoms with van der Waals surface area (Å²) in [6.07, 6.45) is 5.50. The fourth-order valence-electron chi connectivity index (χ4n) is 3.35. The second kappa shape index (κ2) is 8.44. The van der Waals surface area contributed by atoms with Gasteiger partial charge in [-0.05, 0) is 43.0 Å². The maximum Gasteiger partial charge on any atom is 0.235 e. The Balaban J connectivity index is 1.59. The van der Waals surface area contributed by atoms with Crippen LogP contribution in [0.5, 0.6) is 0 Å². The summed E-state index contributed by atoms with van der Waals surface area (Å²) in [6, 6.07) is 6.95. The first-order valence-corrected chi connectivity index (χ1v) is 11.2. The molecule has 6 nitrogen and oxygen atoms in total. The van der Waals surface area contributed by atoms with Crippen LogP contribution in [0.3, 0.4) is 0 Å². The van der Waals surface area contributed by atoms with Crippen molar-refractivity contribution >= 4 is 27.3 Å². The summed E-state index contributed by atoms with van der Waals surface area (Å²) in [5.41, 5.74) is 0.978. The van der Waals surface area contributed by atoms with Crippen molar-refractivity contribution in [2.24, 2.45) is 5.92 Å². The smallest absolute Gasteiger partial charge is 0.235 e. The van der Waals surface area contributed by atoms with Gasteiger partial charge < -0.3 is 9.73 Å². The molecule has 0 spiro atoms. The van der Waals surface area contributed by atoms with Crippen molar-refractivity contribution in [3.63, 3.8) is 0 Å².